The number of fused-ring (bicyclic) bond motifs is 2. The molecule has 5 aromatic rings. The lowest BCUT2D eigenvalue weighted by molar-refractivity contribution is 0.0658. The Morgan fingerprint density at radius 3 is 2.54 bits per heavy atom. The number of hydrogen-bond acceptors (Lipinski definition) is 4. The molecule has 1 aliphatic rings. The van der Waals surface area contributed by atoms with E-state index in [2.05, 4.69) is 20.9 Å². The fourth-order valence-corrected chi connectivity index (χ4v) is 5.45. The van der Waals surface area contributed by atoms with Gasteiger partial charge in [0.05, 0.1) is 11.1 Å². The normalized spacial score (nSPS) is 14.5. The van der Waals surface area contributed by atoms with Crippen molar-refractivity contribution >= 4 is 22.5 Å². The summed E-state index contributed by atoms with van der Waals surface area (Å²) in [5.41, 5.74) is 4.02. The maximum atomic E-state index is 15.2. The zero-order valence-electron chi connectivity index (χ0n) is 21.9. The monoisotopic (exact) mass is 525 g/mol. The van der Waals surface area contributed by atoms with E-state index in [0.29, 0.717) is 36.7 Å². The second kappa shape index (κ2) is 10.2. The van der Waals surface area contributed by atoms with Crippen molar-refractivity contribution < 1.29 is 13.6 Å². The molecule has 1 aliphatic heterocycles. The van der Waals surface area contributed by atoms with Crippen LogP contribution in [0.3, 0.4) is 0 Å². The van der Waals surface area contributed by atoms with Gasteiger partial charge in [-0.3, -0.25) is 9.78 Å². The van der Waals surface area contributed by atoms with Crippen LogP contribution in [0, 0.1) is 11.6 Å². The number of piperidine rings is 1. The number of aromatic nitrogens is 3. The molecule has 1 saturated heterocycles. The van der Waals surface area contributed by atoms with E-state index in [4.69, 9.17) is 0 Å². The number of nitrogens with zero attached hydrogens (tertiary/aromatic N) is 5. The molecule has 0 N–H and O–H groups in total. The molecule has 6 rings (SSSR count). The van der Waals surface area contributed by atoms with Crippen molar-refractivity contribution in [3.63, 3.8) is 0 Å². The Labute approximate surface area is 225 Å². The number of amides is 1. The average Bonchev–Trinajstić information content (AvgIpc) is 3.35. The standard InChI is InChI=1S/C31H29F2N5O/c1-36(2)24-9-12-37(13-10-24)31(39)26-7-6-21(16-27(26)32)23-17-28(33)30-35-18-25(38(30)19-23)15-20-5-8-29-22(14-20)4-3-11-34-29/h3-8,11,14,16-19,24H,9-10,12-13,15H2,1-2H3. The molecule has 198 valence electrons. The summed E-state index contributed by atoms with van der Waals surface area (Å²) in [5, 5.41) is 1.03. The zero-order chi connectivity index (χ0) is 27.1. The molecule has 8 heteroatoms. The number of hydrogen-bond donors (Lipinski definition) is 0. The summed E-state index contributed by atoms with van der Waals surface area (Å²) in [6, 6.07) is 16.2. The first-order chi connectivity index (χ1) is 18.9. The molecule has 0 aliphatic carbocycles. The number of imidazole rings is 1. The van der Waals surface area contributed by atoms with Gasteiger partial charge in [0.15, 0.2) is 11.5 Å². The van der Waals surface area contributed by atoms with Crippen LogP contribution in [0.4, 0.5) is 8.78 Å². The Hall–Kier alpha value is -4.17. The van der Waals surface area contributed by atoms with Crippen LogP contribution in [0.15, 0.2) is 73.2 Å². The first kappa shape index (κ1) is 25.1. The Bertz CT molecular complexity index is 1690. The third kappa shape index (κ3) is 4.88. The molecule has 3 aromatic heterocycles. The van der Waals surface area contributed by atoms with Gasteiger partial charge < -0.3 is 14.2 Å². The molecule has 1 fully saturated rings. The van der Waals surface area contributed by atoms with Crippen molar-refractivity contribution in [1.29, 1.82) is 0 Å². The molecule has 4 heterocycles. The molecule has 0 radical (unpaired) electrons. The summed E-state index contributed by atoms with van der Waals surface area (Å²) >= 11 is 0. The highest BCUT2D eigenvalue weighted by Gasteiger charge is 2.26. The Morgan fingerprint density at radius 2 is 1.77 bits per heavy atom. The lowest BCUT2D eigenvalue weighted by Gasteiger charge is -2.35. The minimum atomic E-state index is -0.608. The number of rotatable bonds is 5. The largest absolute Gasteiger partial charge is 0.338 e. The highest BCUT2D eigenvalue weighted by molar-refractivity contribution is 5.95. The first-order valence-corrected chi connectivity index (χ1v) is 13.1. The van der Waals surface area contributed by atoms with E-state index in [1.807, 2.05) is 38.4 Å². The van der Waals surface area contributed by atoms with Gasteiger partial charge in [0.2, 0.25) is 0 Å². The van der Waals surface area contributed by atoms with Crippen molar-refractivity contribution in [2.75, 3.05) is 27.2 Å². The van der Waals surface area contributed by atoms with Gasteiger partial charge >= 0.3 is 0 Å². The van der Waals surface area contributed by atoms with Gasteiger partial charge in [-0.2, -0.15) is 0 Å². The summed E-state index contributed by atoms with van der Waals surface area (Å²) in [6.07, 6.45) is 7.46. The predicted molar refractivity (Wildman–Crippen MR) is 148 cm³/mol. The van der Waals surface area contributed by atoms with Crippen LogP contribution >= 0.6 is 0 Å². The third-order valence-electron chi connectivity index (χ3n) is 7.70. The van der Waals surface area contributed by atoms with E-state index in [9.17, 15) is 4.79 Å². The molecular formula is C31H29F2N5O. The van der Waals surface area contributed by atoms with Gasteiger partial charge in [-0.05, 0) is 74.5 Å². The minimum absolute atomic E-state index is 0.0396. The van der Waals surface area contributed by atoms with Crippen LogP contribution in [0.5, 0.6) is 0 Å². The third-order valence-corrected chi connectivity index (χ3v) is 7.70. The predicted octanol–water partition coefficient (Wildman–Crippen LogP) is 5.58. The van der Waals surface area contributed by atoms with E-state index < -0.39 is 11.6 Å². The molecule has 2 aromatic carbocycles. The number of pyridine rings is 2. The molecule has 0 saturated carbocycles. The number of carbonyl (C=O) groups is 1. The van der Waals surface area contributed by atoms with Crippen LogP contribution in [-0.2, 0) is 6.42 Å². The van der Waals surface area contributed by atoms with E-state index in [1.165, 1.54) is 18.2 Å². The summed E-state index contributed by atoms with van der Waals surface area (Å²) in [5.74, 6) is -1.41. The number of likely N-dealkylation sites (tertiary alicyclic amines) is 1. The van der Waals surface area contributed by atoms with Crippen molar-refractivity contribution in [2.24, 2.45) is 0 Å². The smallest absolute Gasteiger partial charge is 0.256 e. The number of halogens is 2. The second-order valence-corrected chi connectivity index (χ2v) is 10.4. The van der Waals surface area contributed by atoms with Crippen LogP contribution in [0.1, 0.15) is 34.5 Å². The van der Waals surface area contributed by atoms with Crippen LogP contribution in [-0.4, -0.2) is 63.3 Å². The maximum Gasteiger partial charge on any atom is 0.256 e. The maximum absolute atomic E-state index is 15.2. The lowest BCUT2D eigenvalue weighted by Crippen LogP contribution is -2.44. The van der Waals surface area contributed by atoms with E-state index >= 15 is 8.78 Å². The molecule has 6 nitrogen and oxygen atoms in total. The van der Waals surface area contributed by atoms with Gasteiger partial charge in [0.1, 0.15) is 5.82 Å². The van der Waals surface area contributed by atoms with Crippen LogP contribution in [0.2, 0.25) is 0 Å². The molecule has 0 unspecified atom stereocenters. The van der Waals surface area contributed by atoms with E-state index in [-0.39, 0.29) is 17.1 Å². The quantitative estimate of drug-likeness (QED) is 0.301. The van der Waals surface area contributed by atoms with Crippen LogP contribution < -0.4 is 0 Å². The summed E-state index contributed by atoms with van der Waals surface area (Å²) in [6.45, 7) is 1.20. The van der Waals surface area contributed by atoms with E-state index in [0.717, 1.165) is 35.0 Å². The molecular weight excluding hydrogens is 496 g/mol. The van der Waals surface area contributed by atoms with E-state index in [1.54, 1.807) is 34.0 Å². The number of benzene rings is 2. The fourth-order valence-electron chi connectivity index (χ4n) is 5.45. The molecule has 39 heavy (non-hydrogen) atoms. The minimum Gasteiger partial charge on any atom is -0.338 e. The van der Waals surface area contributed by atoms with Gasteiger partial charge in [-0.25, -0.2) is 13.8 Å². The Kier molecular flexibility index (Phi) is 6.56. The topological polar surface area (TPSA) is 53.7 Å². The number of carbonyl (C=O) groups excluding carboxylic acids is 1. The van der Waals surface area contributed by atoms with Gasteiger partial charge in [0.25, 0.3) is 5.91 Å². The average molecular weight is 526 g/mol. The summed E-state index contributed by atoms with van der Waals surface area (Å²) in [4.78, 5) is 25.6. The molecule has 1 amide bonds. The highest BCUT2D eigenvalue weighted by Crippen LogP contribution is 2.27. The fraction of sp³-hybridized carbons (Fsp3) is 0.258. The van der Waals surface area contributed by atoms with Gasteiger partial charge in [0, 0.05) is 60.8 Å². The van der Waals surface area contributed by atoms with Gasteiger partial charge in [-0.1, -0.05) is 18.2 Å². The highest BCUT2D eigenvalue weighted by atomic mass is 19.1. The van der Waals surface area contributed by atoms with Crippen molar-refractivity contribution in [3.8, 4) is 11.1 Å². The van der Waals surface area contributed by atoms with Gasteiger partial charge in [-0.15, -0.1) is 0 Å². The molecule has 0 bridgehead atoms. The SMILES string of the molecule is CN(C)C1CCN(C(=O)c2ccc(-c3cc(F)c4ncc(Cc5ccc6ncccc6c5)n4c3)cc2F)CC1. The van der Waals surface area contributed by atoms with Crippen LogP contribution in [0.25, 0.3) is 27.7 Å². The van der Waals surface area contributed by atoms with Crippen molar-refractivity contribution in [3.05, 3.63) is 102 Å². The second-order valence-electron chi connectivity index (χ2n) is 10.4. The lowest BCUT2D eigenvalue weighted by atomic mass is 10.0. The first-order valence-electron chi connectivity index (χ1n) is 13.1. The molecule has 0 spiro atoms. The summed E-state index contributed by atoms with van der Waals surface area (Å²) < 4.78 is 32.0. The molecule has 0 atom stereocenters. The Morgan fingerprint density at radius 1 is 0.974 bits per heavy atom. The van der Waals surface area contributed by atoms with Crippen molar-refractivity contribution in [2.45, 2.75) is 25.3 Å². The zero-order valence-corrected chi connectivity index (χ0v) is 21.9. The Balaban J connectivity index is 1.27. The summed E-state index contributed by atoms with van der Waals surface area (Å²) in [7, 11) is 4.07. The van der Waals surface area contributed by atoms with Crippen molar-refractivity contribution in [1.82, 2.24) is 24.2 Å².